The Morgan fingerprint density at radius 2 is 2.07 bits per heavy atom. The SMILES string of the molecule is CCCCCC12CCCC1(OC)OCC2. The summed E-state index contributed by atoms with van der Waals surface area (Å²) in [7, 11) is 1.82. The molecule has 0 aromatic carbocycles. The summed E-state index contributed by atoms with van der Waals surface area (Å²) < 4.78 is 11.7. The lowest BCUT2D eigenvalue weighted by Gasteiger charge is -2.38. The van der Waals surface area contributed by atoms with Crippen molar-refractivity contribution in [2.24, 2.45) is 5.41 Å². The Morgan fingerprint density at radius 1 is 1.20 bits per heavy atom. The normalized spacial score (nSPS) is 39.6. The number of rotatable bonds is 5. The van der Waals surface area contributed by atoms with Gasteiger partial charge in [-0.05, 0) is 25.7 Å². The van der Waals surface area contributed by atoms with E-state index in [9.17, 15) is 0 Å². The number of ether oxygens (including phenoxy) is 2. The zero-order chi connectivity index (χ0) is 10.8. The highest BCUT2D eigenvalue weighted by atomic mass is 16.7. The molecule has 0 aromatic rings. The summed E-state index contributed by atoms with van der Waals surface area (Å²) >= 11 is 0. The Balaban J connectivity index is 2.03. The van der Waals surface area contributed by atoms with Gasteiger partial charge in [-0.2, -0.15) is 0 Å². The van der Waals surface area contributed by atoms with Crippen LogP contribution in [0.5, 0.6) is 0 Å². The first kappa shape index (κ1) is 11.4. The van der Waals surface area contributed by atoms with Gasteiger partial charge < -0.3 is 9.47 Å². The average molecular weight is 212 g/mol. The molecule has 2 heteroatoms. The Labute approximate surface area is 93.3 Å². The molecule has 15 heavy (non-hydrogen) atoms. The van der Waals surface area contributed by atoms with Gasteiger partial charge in [-0.15, -0.1) is 0 Å². The zero-order valence-corrected chi connectivity index (χ0v) is 10.2. The summed E-state index contributed by atoms with van der Waals surface area (Å²) in [6.07, 6.45) is 10.2. The van der Waals surface area contributed by atoms with Crippen molar-refractivity contribution in [3.8, 4) is 0 Å². The largest absolute Gasteiger partial charge is 0.353 e. The molecule has 0 amide bonds. The zero-order valence-electron chi connectivity index (χ0n) is 10.2. The van der Waals surface area contributed by atoms with Gasteiger partial charge in [0.1, 0.15) is 0 Å². The van der Waals surface area contributed by atoms with E-state index in [1.165, 1.54) is 44.9 Å². The quantitative estimate of drug-likeness (QED) is 0.649. The minimum atomic E-state index is -0.208. The van der Waals surface area contributed by atoms with Crippen molar-refractivity contribution in [2.45, 2.75) is 64.1 Å². The van der Waals surface area contributed by atoms with Crippen molar-refractivity contribution in [1.29, 1.82) is 0 Å². The summed E-state index contributed by atoms with van der Waals surface area (Å²) in [6, 6.07) is 0. The van der Waals surface area contributed by atoms with Crippen LogP contribution >= 0.6 is 0 Å². The molecule has 2 aliphatic rings. The molecule has 2 fully saturated rings. The van der Waals surface area contributed by atoms with Gasteiger partial charge in [0.15, 0.2) is 5.79 Å². The lowest BCUT2D eigenvalue weighted by molar-refractivity contribution is -0.233. The van der Waals surface area contributed by atoms with E-state index in [0.29, 0.717) is 5.41 Å². The van der Waals surface area contributed by atoms with Crippen molar-refractivity contribution in [1.82, 2.24) is 0 Å². The van der Waals surface area contributed by atoms with Gasteiger partial charge in [-0.1, -0.05) is 26.2 Å². The number of hydrogen-bond acceptors (Lipinski definition) is 2. The predicted molar refractivity (Wildman–Crippen MR) is 60.7 cm³/mol. The molecule has 0 spiro atoms. The molecular formula is C13H24O2. The summed E-state index contributed by atoms with van der Waals surface area (Å²) in [5.41, 5.74) is 0.358. The van der Waals surface area contributed by atoms with Crippen molar-refractivity contribution < 1.29 is 9.47 Å². The second-order valence-corrected chi connectivity index (χ2v) is 5.15. The van der Waals surface area contributed by atoms with Crippen LogP contribution in [0.15, 0.2) is 0 Å². The third-order valence-electron chi connectivity index (χ3n) is 4.47. The number of hydrogen-bond donors (Lipinski definition) is 0. The third-order valence-corrected chi connectivity index (χ3v) is 4.47. The molecular weight excluding hydrogens is 188 g/mol. The van der Waals surface area contributed by atoms with E-state index >= 15 is 0 Å². The topological polar surface area (TPSA) is 18.5 Å². The lowest BCUT2D eigenvalue weighted by atomic mass is 9.76. The minimum absolute atomic E-state index is 0.208. The van der Waals surface area contributed by atoms with Gasteiger partial charge >= 0.3 is 0 Å². The molecule has 2 nitrogen and oxygen atoms in total. The van der Waals surface area contributed by atoms with E-state index in [-0.39, 0.29) is 5.79 Å². The fourth-order valence-corrected chi connectivity index (χ4v) is 3.60. The molecule has 88 valence electrons. The Morgan fingerprint density at radius 3 is 2.80 bits per heavy atom. The second-order valence-electron chi connectivity index (χ2n) is 5.15. The molecule has 2 atom stereocenters. The average Bonchev–Trinajstić information content (AvgIpc) is 2.73. The van der Waals surface area contributed by atoms with Crippen LogP contribution in [0.4, 0.5) is 0 Å². The van der Waals surface area contributed by atoms with Crippen molar-refractivity contribution >= 4 is 0 Å². The van der Waals surface area contributed by atoms with E-state index in [0.717, 1.165) is 13.0 Å². The van der Waals surface area contributed by atoms with Crippen molar-refractivity contribution in [3.05, 3.63) is 0 Å². The number of methoxy groups -OCH3 is 1. The highest BCUT2D eigenvalue weighted by molar-refractivity contribution is 5.02. The van der Waals surface area contributed by atoms with E-state index < -0.39 is 0 Å². The maximum atomic E-state index is 5.93. The van der Waals surface area contributed by atoms with Gasteiger partial charge in [0.05, 0.1) is 6.61 Å². The standard InChI is InChI=1S/C13H24O2/c1-3-4-5-7-12-8-6-9-13(12,14-2)15-11-10-12/h3-11H2,1-2H3. The summed E-state index contributed by atoms with van der Waals surface area (Å²) in [4.78, 5) is 0. The molecule has 1 heterocycles. The van der Waals surface area contributed by atoms with Crippen molar-refractivity contribution in [3.63, 3.8) is 0 Å². The van der Waals surface area contributed by atoms with E-state index in [1.807, 2.05) is 7.11 Å². The number of unbranched alkanes of at least 4 members (excludes halogenated alkanes) is 2. The smallest absolute Gasteiger partial charge is 0.173 e. The molecule has 0 aromatic heterocycles. The van der Waals surface area contributed by atoms with Crippen LogP contribution in [0.1, 0.15) is 58.3 Å². The van der Waals surface area contributed by atoms with Gasteiger partial charge in [0.25, 0.3) is 0 Å². The van der Waals surface area contributed by atoms with Gasteiger partial charge in [0.2, 0.25) is 0 Å². The van der Waals surface area contributed by atoms with Gasteiger partial charge in [0, 0.05) is 18.9 Å². The van der Waals surface area contributed by atoms with Crippen LogP contribution in [0, 0.1) is 5.41 Å². The van der Waals surface area contributed by atoms with Crippen LogP contribution in [0.25, 0.3) is 0 Å². The Hall–Kier alpha value is -0.0800. The molecule has 0 N–H and O–H groups in total. The summed E-state index contributed by atoms with van der Waals surface area (Å²) in [6.45, 7) is 3.17. The molecule has 1 saturated heterocycles. The van der Waals surface area contributed by atoms with Crippen LogP contribution in [-0.4, -0.2) is 19.5 Å². The lowest BCUT2D eigenvalue weighted by Crippen LogP contribution is -2.42. The Kier molecular flexibility index (Phi) is 3.36. The molecule has 0 radical (unpaired) electrons. The van der Waals surface area contributed by atoms with Gasteiger partial charge in [-0.25, -0.2) is 0 Å². The summed E-state index contributed by atoms with van der Waals surface area (Å²) in [5, 5.41) is 0. The van der Waals surface area contributed by atoms with Crippen molar-refractivity contribution in [2.75, 3.05) is 13.7 Å². The maximum absolute atomic E-state index is 5.93. The summed E-state index contributed by atoms with van der Waals surface area (Å²) in [5.74, 6) is -0.208. The fourth-order valence-electron chi connectivity index (χ4n) is 3.60. The molecule has 2 rings (SSSR count). The highest BCUT2D eigenvalue weighted by Crippen LogP contribution is 2.58. The molecule has 1 aliphatic heterocycles. The van der Waals surface area contributed by atoms with Crippen LogP contribution < -0.4 is 0 Å². The van der Waals surface area contributed by atoms with E-state index in [2.05, 4.69) is 6.92 Å². The van der Waals surface area contributed by atoms with Crippen LogP contribution in [0.2, 0.25) is 0 Å². The predicted octanol–water partition coefficient (Wildman–Crippen LogP) is 3.50. The van der Waals surface area contributed by atoms with E-state index in [4.69, 9.17) is 9.47 Å². The highest BCUT2D eigenvalue weighted by Gasteiger charge is 2.59. The first-order chi connectivity index (χ1) is 7.29. The van der Waals surface area contributed by atoms with E-state index in [1.54, 1.807) is 0 Å². The minimum Gasteiger partial charge on any atom is -0.353 e. The second kappa shape index (κ2) is 4.42. The van der Waals surface area contributed by atoms with Crippen LogP contribution in [0.3, 0.4) is 0 Å². The van der Waals surface area contributed by atoms with Gasteiger partial charge in [-0.3, -0.25) is 0 Å². The maximum Gasteiger partial charge on any atom is 0.173 e. The molecule has 0 bridgehead atoms. The third kappa shape index (κ3) is 1.72. The molecule has 1 saturated carbocycles. The number of fused-ring (bicyclic) bond motifs is 1. The Bertz CT molecular complexity index is 203. The molecule has 1 aliphatic carbocycles. The first-order valence-electron chi connectivity index (χ1n) is 6.48. The monoisotopic (exact) mass is 212 g/mol. The fraction of sp³-hybridized carbons (Fsp3) is 1.00. The first-order valence-corrected chi connectivity index (χ1v) is 6.48. The molecule has 2 unspecified atom stereocenters. The van der Waals surface area contributed by atoms with Crippen LogP contribution in [-0.2, 0) is 9.47 Å².